The summed E-state index contributed by atoms with van der Waals surface area (Å²) < 4.78 is 16.4. The first kappa shape index (κ1) is 36.7. The van der Waals surface area contributed by atoms with Crippen LogP contribution < -0.4 is 21.6 Å². The second kappa shape index (κ2) is 16.1. The number of benzene rings is 4. The van der Waals surface area contributed by atoms with Gasteiger partial charge in [-0.25, -0.2) is 4.79 Å². The van der Waals surface area contributed by atoms with E-state index in [4.69, 9.17) is 9.16 Å². The van der Waals surface area contributed by atoms with E-state index in [1.807, 2.05) is 42.5 Å². The van der Waals surface area contributed by atoms with Crippen LogP contribution in [0.25, 0.3) is 6.08 Å². The Bertz CT molecular complexity index is 2040. The van der Waals surface area contributed by atoms with E-state index in [0.717, 1.165) is 10.1 Å². The van der Waals surface area contributed by atoms with Crippen LogP contribution in [0.2, 0.25) is 5.04 Å². The van der Waals surface area contributed by atoms with Crippen LogP contribution in [-0.2, 0) is 15.8 Å². The van der Waals surface area contributed by atoms with Gasteiger partial charge < -0.3 is 9.16 Å². The maximum atomic E-state index is 14.3. The first-order chi connectivity index (χ1) is 24.7. The molecule has 3 atom stereocenters. The zero-order chi connectivity index (χ0) is 36.0. The smallest absolute Gasteiger partial charge is 0.338 e. The number of hydrogen-bond donors (Lipinski definition) is 0. The minimum Gasteiger partial charge on any atom is -0.406 e. The minimum absolute atomic E-state index is 0.160. The lowest BCUT2D eigenvalue weighted by atomic mass is 10.1. The van der Waals surface area contributed by atoms with Crippen LogP contribution in [0.5, 0.6) is 0 Å². The highest BCUT2D eigenvalue weighted by Crippen LogP contribution is 2.41. The minimum atomic E-state index is -2.88. The topological polar surface area (TPSA) is 79.5 Å². The molecule has 1 aromatic heterocycles. The van der Waals surface area contributed by atoms with Crippen molar-refractivity contribution in [2.45, 2.75) is 49.8 Å². The van der Waals surface area contributed by atoms with Gasteiger partial charge in [-0.3, -0.25) is 14.2 Å². The zero-order valence-corrected chi connectivity index (χ0v) is 32.3. The fraction of sp³-hybridized carbons (Fsp3) is 0.244. The zero-order valence-electron chi connectivity index (χ0n) is 28.9. The van der Waals surface area contributed by atoms with Gasteiger partial charge in [0.2, 0.25) is 0 Å². The van der Waals surface area contributed by atoms with Gasteiger partial charge in [0.1, 0.15) is 0 Å². The summed E-state index contributed by atoms with van der Waals surface area (Å²) in [5, 5.41) is 1.98. The average molecular weight is 782 g/mol. The number of hydrogen-bond acceptors (Lipinski definition) is 6. The summed E-state index contributed by atoms with van der Waals surface area (Å²) in [6, 6.07) is 38.8. The molecule has 0 N–H and O–H groups in total. The number of nitrogens with zero attached hydrogens (tertiary/aromatic N) is 2. The van der Waals surface area contributed by atoms with Crippen molar-refractivity contribution in [1.82, 2.24) is 9.13 Å². The van der Waals surface area contributed by atoms with Gasteiger partial charge in [-0.2, -0.15) is 16.3 Å². The normalized spacial score (nSPS) is 17.9. The van der Waals surface area contributed by atoms with Crippen molar-refractivity contribution in [1.29, 1.82) is 0 Å². The van der Waals surface area contributed by atoms with Crippen molar-refractivity contribution >= 4 is 58.4 Å². The lowest BCUT2D eigenvalue weighted by Gasteiger charge is -2.43. The lowest BCUT2D eigenvalue weighted by molar-refractivity contribution is 0.00658. The quantitative estimate of drug-likeness (QED) is 0.136. The van der Waals surface area contributed by atoms with Gasteiger partial charge in [0, 0.05) is 24.1 Å². The molecule has 1 saturated heterocycles. The molecule has 0 unspecified atom stereocenters. The standard InChI is InChI=1S/C41H41BrN2O5SSi/c1-41(2,3)51(33-20-12-6-13-21-33,34-22-14-7-15-23-34)49-28-36-37(48-27-30-16-8-4-9-17-30)35(29-50-36)43-26-32(24-25-42)39(46)44(40(43)47)38(45)31-18-10-5-11-19-31/h4-26,35-37H,27-29H2,1-3H3/b25-24+/t35-,36-,37+/m1/s1. The summed E-state index contributed by atoms with van der Waals surface area (Å²) in [6.45, 7) is 7.44. The Balaban J connectivity index is 1.42. The second-order valence-corrected chi connectivity index (χ2v) is 19.7. The highest BCUT2D eigenvalue weighted by Gasteiger charge is 2.51. The molecule has 1 aliphatic heterocycles. The van der Waals surface area contributed by atoms with Crippen LogP contribution in [0.3, 0.4) is 0 Å². The van der Waals surface area contributed by atoms with E-state index in [2.05, 4.69) is 85.2 Å². The summed E-state index contributed by atoms with van der Waals surface area (Å²) in [5.74, 6) is -0.160. The molecule has 5 aromatic rings. The van der Waals surface area contributed by atoms with Crippen LogP contribution in [0.15, 0.2) is 142 Å². The fourth-order valence-corrected chi connectivity index (χ4v) is 13.3. The molecule has 6 rings (SSSR count). The average Bonchev–Trinajstić information content (AvgIpc) is 3.55. The molecule has 262 valence electrons. The molecule has 1 fully saturated rings. The Morgan fingerprint density at radius 2 is 1.41 bits per heavy atom. The fourth-order valence-electron chi connectivity index (χ4n) is 6.90. The van der Waals surface area contributed by atoms with Crippen LogP contribution in [0, 0.1) is 0 Å². The van der Waals surface area contributed by atoms with Gasteiger partial charge in [-0.1, -0.05) is 146 Å². The van der Waals surface area contributed by atoms with Gasteiger partial charge in [0.05, 0.1) is 29.6 Å². The van der Waals surface area contributed by atoms with Crippen LogP contribution in [-0.4, -0.2) is 47.1 Å². The number of aromatic nitrogens is 2. The van der Waals surface area contributed by atoms with E-state index < -0.39 is 37.6 Å². The molecule has 51 heavy (non-hydrogen) atoms. The Labute approximate surface area is 312 Å². The third-order valence-electron chi connectivity index (χ3n) is 9.36. The maximum absolute atomic E-state index is 14.3. The number of carbonyl (C=O) groups is 1. The van der Waals surface area contributed by atoms with E-state index in [-0.39, 0.29) is 21.4 Å². The molecular formula is C41H41BrN2O5SSi. The summed E-state index contributed by atoms with van der Waals surface area (Å²) >= 11 is 4.96. The van der Waals surface area contributed by atoms with E-state index in [1.54, 1.807) is 59.4 Å². The van der Waals surface area contributed by atoms with Crippen molar-refractivity contribution in [3.8, 4) is 0 Å². The first-order valence-electron chi connectivity index (χ1n) is 16.9. The SMILES string of the molecule is CC(C)(C)[Si](OC[C@H]1SC[C@@H](n2cc(/C=C/Br)c(=O)n(C(=O)c3ccccc3)c2=O)[C@@H]1OCc1ccccc1)(c1ccccc1)c1ccccc1. The number of halogens is 1. The lowest BCUT2D eigenvalue weighted by Crippen LogP contribution is -2.67. The summed E-state index contributed by atoms with van der Waals surface area (Å²) in [4.78, 5) is 43.1. The molecule has 4 aromatic carbocycles. The molecular weight excluding hydrogens is 741 g/mol. The van der Waals surface area contributed by atoms with Crippen molar-refractivity contribution in [3.63, 3.8) is 0 Å². The van der Waals surface area contributed by atoms with Gasteiger partial charge in [-0.15, -0.1) is 0 Å². The molecule has 0 spiro atoms. The molecule has 2 heterocycles. The first-order valence-corrected chi connectivity index (χ1v) is 20.8. The largest absolute Gasteiger partial charge is 0.406 e. The highest BCUT2D eigenvalue weighted by atomic mass is 79.9. The highest BCUT2D eigenvalue weighted by molar-refractivity contribution is 9.11. The molecule has 0 bridgehead atoms. The second-order valence-electron chi connectivity index (χ2n) is 13.6. The molecule has 1 aliphatic rings. The summed E-state index contributed by atoms with van der Waals surface area (Å²) in [5.41, 5.74) is 0.0687. The van der Waals surface area contributed by atoms with Crippen LogP contribution >= 0.6 is 27.7 Å². The van der Waals surface area contributed by atoms with Crippen LogP contribution in [0.1, 0.15) is 48.3 Å². The molecule has 0 amide bonds. The summed E-state index contributed by atoms with van der Waals surface area (Å²) in [7, 11) is -2.88. The third kappa shape index (κ3) is 7.61. The van der Waals surface area contributed by atoms with Gasteiger partial charge >= 0.3 is 5.69 Å². The number of thioether (sulfide) groups is 1. The Morgan fingerprint density at radius 3 is 1.96 bits per heavy atom. The van der Waals surface area contributed by atoms with Crippen molar-refractivity contribution in [2.24, 2.45) is 0 Å². The van der Waals surface area contributed by atoms with Crippen molar-refractivity contribution in [3.05, 3.63) is 170 Å². The van der Waals surface area contributed by atoms with E-state index in [1.165, 1.54) is 14.9 Å². The Kier molecular flexibility index (Phi) is 11.6. The molecule has 0 saturated carbocycles. The van der Waals surface area contributed by atoms with Crippen molar-refractivity contribution < 1.29 is 14.0 Å². The third-order valence-corrected chi connectivity index (χ3v) is 16.0. The van der Waals surface area contributed by atoms with E-state index in [9.17, 15) is 14.4 Å². The maximum Gasteiger partial charge on any atom is 0.338 e. The molecule has 7 nitrogen and oxygen atoms in total. The van der Waals surface area contributed by atoms with Gasteiger partial charge in [-0.05, 0) is 44.2 Å². The van der Waals surface area contributed by atoms with Gasteiger partial charge in [0.15, 0.2) is 0 Å². The Hall–Kier alpha value is -4.06. The summed E-state index contributed by atoms with van der Waals surface area (Å²) in [6.07, 6.45) is 2.62. The number of ether oxygens (including phenoxy) is 1. The molecule has 10 heteroatoms. The van der Waals surface area contributed by atoms with E-state index in [0.29, 0.717) is 19.0 Å². The number of rotatable bonds is 11. The molecule has 0 radical (unpaired) electrons. The van der Waals surface area contributed by atoms with Crippen LogP contribution in [0.4, 0.5) is 0 Å². The predicted molar refractivity (Wildman–Crippen MR) is 213 cm³/mol. The predicted octanol–water partition coefficient (Wildman–Crippen LogP) is 6.88. The number of carbonyl (C=O) groups excluding carboxylic acids is 1. The Morgan fingerprint density at radius 1 is 0.863 bits per heavy atom. The van der Waals surface area contributed by atoms with Crippen molar-refractivity contribution in [2.75, 3.05) is 12.4 Å². The molecule has 0 aliphatic carbocycles. The van der Waals surface area contributed by atoms with E-state index >= 15 is 0 Å². The van der Waals surface area contributed by atoms with Gasteiger partial charge in [0.25, 0.3) is 19.8 Å². The monoisotopic (exact) mass is 780 g/mol.